The Morgan fingerprint density at radius 3 is 1.70 bits per heavy atom. The van der Waals surface area contributed by atoms with E-state index in [1.165, 1.54) is 98.9 Å². The van der Waals surface area contributed by atoms with E-state index in [0.29, 0.717) is 0 Å². The van der Waals surface area contributed by atoms with Crippen molar-refractivity contribution in [3.63, 3.8) is 0 Å². The van der Waals surface area contributed by atoms with E-state index in [4.69, 9.17) is 0 Å². The van der Waals surface area contributed by atoms with Crippen LogP contribution in [0.2, 0.25) is 0 Å². The molecule has 0 atom stereocenters. The smallest absolute Gasteiger partial charge is 0.252 e. The summed E-state index contributed by atoms with van der Waals surface area (Å²) in [5.74, 6) is 0. The summed E-state index contributed by atoms with van der Waals surface area (Å²) in [6, 6.07) is 54.2. The minimum atomic E-state index is 0.170. The van der Waals surface area contributed by atoms with Crippen LogP contribution in [-0.4, -0.2) is 20.4 Å². The summed E-state index contributed by atoms with van der Waals surface area (Å²) in [5.41, 5.74) is 15.6. The normalized spacial score (nSPS) is 13.2. The van der Waals surface area contributed by atoms with Crippen molar-refractivity contribution in [1.29, 1.82) is 0 Å². The lowest BCUT2D eigenvalue weighted by Gasteiger charge is -2.33. The molecule has 210 valence electrons. The first-order chi connectivity index (χ1) is 22.9. The number of hydrogen-bond acceptors (Lipinski definition) is 0. The third kappa shape index (κ3) is 2.58. The molecule has 0 amide bonds. The molecule has 0 unspecified atom stereocenters. The molecule has 0 aliphatic carbocycles. The molecule has 10 aromatic rings. The molecule has 7 aromatic carbocycles. The summed E-state index contributed by atoms with van der Waals surface area (Å²) < 4.78 is 7.51. The Labute approximate surface area is 264 Å². The molecule has 3 nitrogen and oxygen atoms in total. The standard InChI is InChI=1S/C42H24BN3/c1-5-16-34-26(10-1)27-11-2-6-17-35(27)44(34)25-20-22-37-31(24-25)30-21-23-39-40-42(30)45(37)38-19-8-4-14-32(38)43(40)33-15-9-13-29-28-12-3-7-18-36(28)46(39)41(29)33/h1-24H. The molecule has 46 heavy (non-hydrogen) atoms. The van der Waals surface area contributed by atoms with Crippen LogP contribution in [0.3, 0.4) is 0 Å². The molecule has 0 radical (unpaired) electrons. The van der Waals surface area contributed by atoms with Crippen LogP contribution >= 0.6 is 0 Å². The Balaban J connectivity index is 1.25. The molecule has 2 aliphatic heterocycles. The van der Waals surface area contributed by atoms with E-state index in [0.717, 1.165) is 0 Å². The molecule has 5 heterocycles. The van der Waals surface area contributed by atoms with Gasteiger partial charge in [0.2, 0.25) is 0 Å². The molecular formula is C42H24BN3. The summed E-state index contributed by atoms with van der Waals surface area (Å²) >= 11 is 0. The zero-order valence-corrected chi connectivity index (χ0v) is 24.8. The quantitative estimate of drug-likeness (QED) is 0.174. The molecule has 0 saturated carbocycles. The van der Waals surface area contributed by atoms with Crippen LogP contribution in [0.4, 0.5) is 0 Å². The number of hydrogen-bond donors (Lipinski definition) is 0. The van der Waals surface area contributed by atoms with Gasteiger partial charge in [0.1, 0.15) is 0 Å². The summed E-state index contributed by atoms with van der Waals surface area (Å²) in [6.07, 6.45) is 0. The topological polar surface area (TPSA) is 14.8 Å². The predicted molar refractivity (Wildman–Crippen MR) is 194 cm³/mol. The van der Waals surface area contributed by atoms with Gasteiger partial charge < -0.3 is 13.7 Å². The lowest BCUT2D eigenvalue weighted by molar-refractivity contribution is 1.15. The van der Waals surface area contributed by atoms with Gasteiger partial charge in [-0.15, -0.1) is 0 Å². The first-order valence-corrected chi connectivity index (χ1v) is 16.1. The molecule has 12 rings (SSSR count). The van der Waals surface area contributed by atoms with Gasteiger partial charge in [0, 0.05) is 54.9 Å². The second-order valence-corrected chi connectivity index (χ2v) is 12.9. The van der Waals surface area contributed by atoms with Crippen LogP contribution in [0.1, 0.15) is 0 Å². The maximum atomic E-state index is 2.54. The summed E-state index contributed by atoms with van der Waals surface area (Å²) in [5, 5.41) is 7.81. The molecule has 3 aromatic heterocycles. The van der Waals surface area contributed by atoms with Crippen LogP contribution in [0.5, 0.6) is 0 Å². The minimum Gasteiger partial charge on any atom is -0.310 e. The van der Waals surface area contributed by atoms with Crippen LogP contribution in [-0.2, 0) is 0 Å². The Hall–Kier alpha value is -6.00. The molecule has 2 aliphatic rings. The van der Waals surface area contributed by atoms with E-state index >= 15 is 0 Å². The fourth-order valence-electron chi connectivity index (χ4n) is 9.12. The number of aromatic nitrogens is 3. The first-order valence-electron chi connectivity index (χ1n) is 16.1. The number of nitrogens with zero attached hydrogens (tertiary/aromatic N) is 3. The van der Waals surface area contributed by atoms with Gasteiger partial charge in [0.05, 0.1) is 27.6 Å². The van der Waals surface area contributed by atoms with E-state index in [-0.39, 0.29) is 6.71 Å². The van der Waals surface area contributed by atoms with E-state index in [1.807, 2.05) is 0 Å². The van der Waals surface area contributed by atoms with Gasteiger partial charge in [-0.25, -0.2) is 0 Å². The van der Waals surface area contributed by atoms with Gasteiger partial charge >= 0.3 is 0 Å². The summed E-state index contributed by atoms with van der Waals surface area (Å²) in [4.78, 5) is 0. The van der Waals surface area contributed by atoms with Gasteiger partial charge in [-0.05, 0) is 64.9 Å². The maximum absolute atomic E-state index is 2.54. The van der Waals surface area contributed by atoms with Crippen LogP contribution in [0.15, 0.2) is 146 Å². The molecule has 0 bridgehead atoms. The van der Waals surface area contributed by atoms with E-state index in [9.17, 15) is 0 Å². The second-order valence-electron chi connectivity index (χ2n) is 12.9. The van der Waals surface area contributed by atoms with Crippen molar-refractivity contribution in [2.45, 2.75) is 0 Å². The van der Waals surface area contributed by atoms with Crippen LogP contribution in [0, 0.1) is 0 Å². The zero-order chi connectivity index (χ0) is 29.7. The van der Waals surface area contributed by atoms with Gasteiger partial charge in [-0.1, -0.05) is 97.1 Å². The second kappa shape index (κ2) is 7.98. The summed E-state index contributed by atoms with van der Waals surface area (Å²) in [6.45, 7) is 0.170. The molecule has 0 spiro atoms. The first kappa shape index (κ1) is 23.4. The van der Waals surface area contributed by atoms with Gasteiger partial charge in [0.15, 0.2) is 0 Å². The van der Waals surface area contributed by atoms with Gasteiger partial charge in [-0.3, -0.25) is 0 Å². The van der Waals surface area contributed by atoms with Crippen LogP contribution < -0.4 is 16.4 Å². The van der Waals surface area contributed by atoms with Crippen molar-refractivity contribution in [2.75, 3.05) is 0 Å². The largest absolute Gasteiger partial charge is 0.310 e. The molecule has 0 fully saturated rings. The highest BCUT2D eigenvalue weighted by atomic mass is 15.0. The highest BCUT2D eigenvalue weighted by Crippen LogP contribution is 2.41. The van der Waals surface area contributed by atoms with Gasteiger partial charge in [-0.2, -0.15) is 0 Å². The van der Waals surface area contributed by atoms with E-state index in [1.54, 1.807) is 0 Å². The number of para-hydroxylation sites is 5. The maximum Gasteiger partial charge on any atom is 0.252 e. The lowest BCUT2D eigenvalue weighted by Crippen LogP contribution is -2.59. The number of rotatable bonds is 1. The van der Waals surface area contributed by atoms with Gasteiger partial charge in [0.25, 0.3) is 6.71 Å². The highest BCUT2D eigenvalue weighted by Gasteiger charge is 2.40. The third-order valence-electron chi connectivity index (χ3n) is 10.8. The lowest BCUT2D eigenvalue weighted by atomic mass is 9.34. The molecule has 0 saturated heterocycles. The van der Waals surface area contributed by atoms with Crippen molar-refractivity contribution in [2.24, 2.45) is 0 Å². The average molecular weight is 581 g/mol. The highest BCUT2D eigenvalue weighted by molar-refractivity contribution is 7.00. The van der Waals surface area contributed by atoms with E-state index in [2.05, 4.69) is 159 Å². The van der Waals surface area contributed by atoms with E-state index < -0.39 is 0 Å². The number of fused-ring (bicyclic) bond motifs is 14. The predicted octanol–water partition coefficient (Wildman–Crippen LogP) is 8.12. The Bertz CT molecular complexity index is 2940. The minimum absolute atomic E-state index is 0.170. The SMILES string of the molecule is c1ccc2c(c1)B1c3cccc4c5ccccc5n(c34)-c3ccc4c5cc(-n6c7ccccc7c7ccccc76)ccc5n-2c4c31. The molecule has 4 heteroatoms. The van der Waals surface area contributed by atoms with Crippen molar-refractivity contribution < 1.29 is 0 Å². The average Bonchev–Trinajstić information content (AvgIpc) is 3.76. The Kier molecular flexibility index (Phi) is 4.06. The van der Waals surface area contributed by atoms with Crippen LogP contribution in [0.25, 0.3) is 82.5 Å². The van der Waals surface area contributed by atoms with Crippen molar-refractivity contribution in [3.8, 4) is 17.1 Å². The Morgan fingerprint density at radius 2 is 0.913 bits per heavy atom. The fraction of sp³-hybridized carbons (Fsp3) is 0. The van der Waals surface area contributed by atoms with Crippen molar-refractivity contribution in [1.82, 2.24) is 13.7 Å². The fourth-order valence-corrected chi connectivity index (χ4v) is 9.12. The monoisotopic (exact) mass is 581 g/mol. The Morgan fingerprint density at radius 1 is 0.348 bits per heavy atom. The number of benzene rings is 7. The van der Waals surface area contributed by atoms with Crippen molar-refractivity contribution >= 4 is 88.5 Å². The zero-order valence-electron chi connectivity index (χ0n) is 24.8. The molecular weight excluding hydrogens is 557 g/mol. The summed E-state index contributed by atoms with van der Waals surface area (Å²) in [7, 11) is 0. The molecule has 0 N–H and O–H groups in total. The third-order valence-corrected chi connectivity index (χ3v) is 10.8. The van der Waals surface area contributed by atoms with Crippen molar-refractivity contribution in [3.05, 3.63) is 146 Å².